The molecule has 26 heavy (non-hydrogen) atoms. The van der Waals surface area contributed by atoms with Crippen LogP contribution in [0.1, 0.15) is 36.9 Å². The average molecular weight is 349 g/mol. The van der Waals surface area contributed by atoms with Crippen molar-refractivity contribution in [2.45, 2.75) is 32.4 Å². The van der Waals surface area contributed by atoms with E-state index >= 15 is 0 Å². The second kappa shape index (κ2) is 8.77. The summed E-state index contributed by atoms with van der Waals surface area (Å²) in [7, 11) is 0. The van der Waals surface area contributed by atoms with Crippen LogP contribution in [-0.2, 0) is 11.3 Å². The fourth-order valence-electron chi connectivity index (χ4n) is 4.04. The van der Waals surface area contributed by atoms with Gasteiger partial charge in [-0.15, -0.1) is 0 Å². The van der Waals surface area contributed by atoms with Gasteiger partial charge in [-0.2, -0.15) is 0 Å². The first-order chi connectivity index (χ1) is 12.7. The van der Waals surface area contributed by atoms with Gasteiger partial charge in [0.25, 0.3) is 0 Å². The molecule has 0 radical (unpaired) electrons. The first-order valence-corrected chi connectivity index (χ1v) is 9.20. The Morgan fingerprint density at radius 2 is 2.12 bits per heavy atom. The third-order valence-corrected chi connectivity index (χ3v) is 5.24. The third-order valence-electron chi connectivity index (χ3n) is 5.24. The van der Waals surface area contributed by atoms with Crippen LogP contribution in [0, 0.1) is 11.8 Å². The molecule has 3 unspecified atom stereocenters. The van der Waals surface area contributed by atoms with Gasteiger partial charge in [-0.25, -0.2) is 0 Å². The Bertz CT molecular complexity index is 730. The number of carboxylic acids is 1. The number of benzene rings is 1. The van der Waals surface area contributed by atoms with Crippen molar-refractivity contribution in [3.05, 3.63) is 78.1 Å². The molecule has 1 aromatic heterocycles. The molecular formula is C22H25N2O2-. The largest absolute Gasteiger partial charge is 0.550 e. The summed E-state index contributed by atoms with van der Waals surface area (Å²) in [5, 5.41) is 11.9. The van der Waals surface area contributed by atoms with E-state index in [1.54, 1.807) is 6.20 Å². The number of allylic oxidation sites excluding steroid dienone is 2. The van der Waals surface area contributed by atoms with Gasteiger partial charge in [0, 0.05) is 36.9 Å². The molecule has 2 aromatic rings. The number of aliphatic carboxylic acids is 1. The number of carbonyl (C=O) groups is 1. The van der Waals surface area contributed by atoms with Crippen LogP contribution < -0.4 is 5.11 Å². The van der Waals surface area contributed by atoms with Crippen LogP contribution in [0.3, 0.4) is 0 Å². The standard InChI is InChI=1S/C22H26N2O2/c1-2-3-11-20(22(25)26)19-12-14-24(16-17-8-7-13-23-15-17)21(19)18-9-5-4-6-10-18/h2-10,13,15,19-21H,11-12,14,16H2,1H3,(H,25,26)/p-1/b3-2+. The monoisotopic (exact) mass is 349 g/mol. The van der Waals surface area contributed by atoms with Crippen LogP contribution in [0.2, 0.25) is 0 Å². The number of likely N-dealkylation sites (tertiary alicyclic amines) is 1. The lowest BCUT2D eigenvalue weighted by Gasteiger charge is -2.33. The Kier molecular flexibility index (Phi) is 6.18. The van der Waals surface area contributed by atoms with Gasteiger partial charge in [-0.3, -0.25) is 9.88 Å². The van der Waals surface area contributed by atoms with Crippen LogP contribution in [0.5, 0.6) is 0 Å². The maximum Gasteiger partial charge on any atom is 0.0451 e. The molecule has 1 aliphatic rings. The Hall–Kier alpha value is -2.46. The highest BCUT2D eigenvalue weighted by molar-refractivity contribution is 5.68. The topological polar surface area (TPSA) is 56.3 Å². The van der Waals surface area contributed by atoms with Gasteiger partial charge in [0.2, 0.25) is 0 Å². The van der Waals surface area contributed by atoms with Crippen molar-refractivity contribution in [1.29, 1.82) is 0 Å². The summed E-state index contributed by atoms with van der Waals surface area (Å²) in [6.45, 7) is 3.57. The summed E-state index contributed by atoms with van der Waals surface area (Å²) < 4.78 is 0. The van der Waals surface area contributed by atoms with Crippen molar-refractivity contribution in [3.63, 3.8) is 0 Å². The number of pyridine rings is 1. The maximum absolute atomic E-state index is 11.9. The summed E-state index contributed by atoms with van der Waals surface area (Å²) in [6.07, 6.45) is 8.88. The van der Waals surface area contributed by atoms with E-state index in [1.165, 1.54) is 5.56 Å². The Morgan fingerprint density at radius 1 is 1.31 bits per heavy atom. The highest BCUT2D eigenvalue weighted by Gasteiger charge is 2.39. The molecule has 3 rings (SSSR count). The normalized spacial score (nSPS) is 21.9. The van der Waals surface area contributed by atoms with Gasteiger partial charge < -0.3 is 9.90 Å². The van der Waals surface area contributed by atoms with Crippen LogP contribution in [-0.4, -0.2) is 22.4 Å². The number of hydrogen-bond acceptors (Lipinski definition) is 4. The summed E-state index contributed by atoms with van der Waals surface area (Å²) >= 11 is 0. The van der Waals surface area contributed by atoms with Crippen molar-refractivity contribution in [1.82, 2.24) is 9.88 Å². The van der Waals surface area contributed by atoms with Gasteiger partial charge in [0.05, 0.1) is 0 Å². The van der Waals surface area contributed by atoms with Gasteiger partial charge in [0.15, 0.2) is 0 Å². The van der Waals surface area contributed by atoms with Crippen LogP contribution in [0.4, 0.5) is 0 Å². The van der Waals surface area contributed by atoms with E-state index in [-0.39, 0.29) is 12.0 Å². The number of carbonyl (C=O) groups excluding carboxylic acids is 1. The molecule has 136 valence electrons. The number of hydrogen-bond donors (Lipinski definition) is 0. The van der Waals surface area contributed by atoms with Crippen LogP contribution in [0.15, 0.2) is 67.0 Å². The summed E-state index contributed by atoms with van der Waals surface area (Å²) in [4.78, 5) is 18.4. The average Bonchev–Trinajstić information content (AvgIpc) is 3.06. The second-order valence-corrected chi connectivity index (χ2v) is 6.87. The van der Waals surface area contributed by atoms with Gasteiger partial charge in [0.1, 0.15) is 0 Å². The maximum atomic E-state index is 11.9. The molecule has 1 fully saturated rings. The number of rotatable bonds is 7. The van der Waals surface area contributed by atoms with E-state index in [2.05, 4.69) is 28.1 Å². The lowest BCUT2D eigenvalue weighted by atomic mass is 9.81. The SMILES string of the molecule is C/C=C/CC(C(=O)[O-])C1CCN(Cc2cccnc2)C1c1ccccc1. The minimum Gasteiger partial charge on any atom is -0.550 e. The van der Waals surface area contributed by atoms with Gasteiger partial charge >= 0.3 is 0 Å². The minimum atomic E-state index is -0.947. The van der Waals surface area contributed by atoms with Crippen molar-refractivity contribution >= 4 is 5.97 Å². The highest BCUT2D eigenvalue weighted by Crippen LogP contribution is 2.43. The number of carboxylic acid groups (broad SMARTS) is 1. The molecule has 0 amide bonds. The van der Waals surface area contributed by atoms with Crippen molar-refractivity contribution in [3.8, 4) is 0 Å². The predicted octanol–water partition coefficient (Wildman–Crippen LogP) is 2.98. The predicted molar refractivity (Wildman–Crippen MR) is 99.9 cm³/mol. The molecule has 3 atom stereocenters. The van der Waals surface area contributed by atoms with Crippen molar-refractivity contribution in [2.24, 2.45) is 11.8 Å². The molecule has 0 aliphatic carbocycles. The molecule has 4 nitrogen and oxygen atoms in total. The van der Waals surface area contributed by atoms with Crippen LogP contribution in [0.25, 0.3) is 0 Å². The quantitative estimate of drug-likeness (QED) is 0.721. The fraction of sp³-hybridized carbons (Fsp3) is 0.364. The van der Waals surface area contributed by atoms with Gasteiger partial charge in [-0.1, -0.05) is 48.6 Å². The second-order valence-electron chi connectivity index (χ2n) is 6.87. The van der Waals surface area contributed by atoms with E-state index in [4.69, 9.17) is 0 Å². The van der Waals surface area contributed by atoms with E-state index in [1.807, 2.05) is 49.5 Å². The van der Waals surface area contributed by atoms with E-state index in [0.29, 0.717) is 6.42 Å². The lowest BCUT2D eigenvalue weighted by molar-refractivity contribution is -0.313. The van der Waals surface area contributed by atoms with E-state index in [0.717, 1.165) is 25.1 Å². The van der Waals surface area contributed by atoms with Crippen molar-refractivity contribution < 1.29 is 9.90 Å². The van der Waals surface area contributed by atoms with E-state index < -0.39 is 11.9 Å². The van der Waals surface area contributed by atoms with Gasteiger partial charge in [-0.05, 0) is 49.4 Å². The Morgan fingerprint density at radius 3 is 2.77 bits per heavy atom. The summed E-state index contributed by atoms with van der Waals surface area (Å²) in [5.41, 5.74) is 2.32. The zero-order valence-corrected chi connectivity index (χ0v) is 15.1. The third kappa shape index (κ3) is 4.20. The lowest BCUT2D eigenvalue weighted by Crippen LogP contribution is -2.38. The molecule has 0 saturated carbocycles. The number of nitrogens with zero attached hydrogens (tertiary/aromatic N) is 2. The smallest absolute Gasteiger partial charge is 0.0451 e. The molecule has 0 N–H and O–H groups in total. The van der Waals surface area contributed by atoms with Crippen molar-refractivity contribution in [2.75, 3.05) is 6.54 Å². The van der Waals surface area contributed by atoms with E-state index in [9.17, 15) is 9.90 Å². The first kappa shape index (κ1) is 18.3. The molecule has 1 aliphatic heterocycles. The molecule has 1 saturated heterocycles. The zero-order chi connectivity index (χ0) is 18.4. The Balaban J connectivity index is 1.90. The zero-order valence-electron chi connectivity index (χ0n) is 15.1. The molecule has 4 heteroatoms. The molecule has 2 heterocycles. The summed E-state index contributed by atoms with van der Waals surface area (Å²) in [5.74, 6) is -1.39. The molecule has 1 aromatic carbocycles. The highest BCUT2D eigenvalue weighted by atomic mass is 16.4. The molecular weight excluding hydrogens is 324 g/mol. The first-order valence-electron chi connectivity index (χ1n) is 9.20. The fourth-order valence-corrected chi connectivity index (χ4v) is 4.04. The molecule has 0 bridgehead atoms. The number of aromatic nitrogens is 1. The minimum absolute atomic E-state index is 0.0373. The summed E-state index contributed by atoms with van der Waals surface area (Å²) in [6, 6.07) is 14.3. The van der Waals surface area contributed by atoms with Crippen LogP contribution >= 0.6 is 0 Å². The Labute approximate surface area is 155 Å². The molecule has 0 spiro atoms.